The maximum atomic E-state index is 13.9. The van der Waals surface area contributed by atoms with Gasteiger partial charge < -0.3 is 21.4 Å². The minimum Gasteiger partial charge on any atom is -0.404 e. The molecular formula is C16H12F2N6O. The third kappa shape index (κ3) is 3.28. The Morgan fingerprint density at radius 2 is 1.96 bits per heavy atom. The van der Waals surface area contributed by atoms with Gasteiger partial charge in [-0.05, 0) is 12.1 Å². The van der Waals surface area contributed by atoms with Gasteiger partial charge in [-0.3, -0.25) is 10.2 Å². The fraction of sp³-hybridized carbons (Fsp3) is 0. The number of pyridine rings is 1. The maximum Gasteiger partial charge on any atom is 0.259 e. The van der Waals surface area contributed by atoms with E-state index in [1.54, 1.807) is 6.07 Å². The van der Waals surface area contributed by atoms with Gasteiger partial charge in [-0.2, -0.15) is 5.26 Å². The number of H-pyrrole nitrogens is 1. The van der Waals surface area contributed by atoms with Gasteiger partial charge in [0.25, 0.3) is 5.56 Å². The van der Waals surface area contributed by atoms with Crippen LogP contribution in [0.25, 0.3) is 0 Å². The first-order valence-electron chi connectivity index (χ1n) is 6.83. The van der Waals surface area contributed by atoms with E-state index in [1.165, 1.54) is 0 Å². The second-order valence-electron chi connectivity index (χ2n) is 4.76. The number of hydrogen-bond donors (Lipinski definition) is 5. The van der Waals surface area contributed by atoms with Gasteiger partial charge in [0.2, 0.25) is 0 Å². The van der Waals surface area contributed by atoms with Crippen molar-refractivity contribution in [2.45, 2.75) is 0 Å². The molecule has 0 aliphatic heterocycles. The highest BCUT2D eigenvalue weighted by Gasteiger charge is 2.21. The molecule has 7 nitrogen and oxygen atoms in total. The number of benzene rings is 1. The van der Waals surface area contributed by atoms with Crippen LogP contribution in [0.2, 0.25) is 0 Å². The molecule has 126 valence electrons. The van der Waals surface area contributed by atoms with E-state index in [1.807, 2.05) is 0 Å². The number of anilines is 2. The molecule has 0 fully saturated rings. The van der Waals surface area contributed by atoms with Crippen LogP contribution in [0.1, 0.15) is 11.1 Å². The molecule has 1 heterocycles. The number of halogens is 2. The Hall–Kier alpha value is -3.80. The van der Waals surface area contributed by atoms with E-state index in [2.05, 4.69) is 10.3 Å². The van der Waals surface area contributed by atoms with Crippen LogP contribution in [-0.2, 0) is 0 Å². The fourth-order valence-corrected chi connectivity index (χ4v) is 2.08. The largest absolute Gasteiger partial charge is 0.404 e. The number of hydrogen-bond acceptors (Lipinski definition) is 6. The number of allylic oxidation sites excluding steroid dienone is 1. The van der Waals surface area contributed by atoms with Crippen molar-refractivity contribution >= 4 is 23.3 Å². The lowest BCUT2D eigenvalue weighted by Crippen LogP contribution is -2.23. The van der Waals surface area contributed by atoms with Crippen molar-refractivity contribution in [3.8, 4) is 6.07 Å². The van der Waals surface area contributed by atoms with Crippen LogP contribution in [0.5, 0.6) is 0 Å². The summed E-state index contributed by atoms with van der Waals surface area (Å²) in [6, 6.07) is 4.93. The van der Waals surface area contributed by atoms with Gasteiger partial charge in [-0.1, -0.05) is 6.07 Å². The van der Waals surface area contributed by atoms with Crippen molar-refractivity contribution < 1.29 is 8.78 Å². The van der Waals surface area contributed by atoms with Crippen LogP contribution in [0.3, 0.4) is 0 Å². The number of aromatic amines is 1. The van der Waals surface area contributed by atoms with Crippen LogP contribution in [0.15, 0.2) is 41.0 Å². The Bertz CT molecular complexity index is 967. The third-order valence-corrected chi connectivity index (χ3v) is 3.30. The van der Waals surface area contributed by atoms with Gasteiger partial charge in [0.1, 0.15) is 23.4 Å². The topological polar surface area (TPSA) is 142 Å². The number of nitrogens with zero attached hydrogens (tertiary/aromatic N) is 1. The lowest BCUT2D eigenvalue weighted by Gasteiger charge is -2.15. The average molecular weight is 342 g/mol. The van der Waals surface area contributed by atoms with Gasteiger partial charge in [-0.25, -0.2) is 8.78 Å². The predicted molar refractivity (Wildman–Crippen MR) is 89.3 cm³/mol. The van der Waals surface area contributed by atoms with Crippen LogP contribution < -0.4 is 16.6 Å². The summed E-state index contributed by atoms with van der Waals surface area (Å²) in [5.41, 5.74) is 2.58. The van der Waals surface area contributed by atoms with Crippen LogP contribution >= 0.6 is 0 Å². The van der Waals surface area contributed by atoms with E-state index in [0.717, 1.165) is 36.8 Å². The summed E-state index contributed by atoms with van der Waals surface area (Å²) < 4.78 is 27.8. The molecule has 2 aromatic rings. The zero-order chi connectivity index (χ0) is 18.6. The van der Waals surface area contributed by atoms with Crippen molar-refractivity contribution in [2.24, 2.45) is 5.73 Å². The zero-order valence-corrected chi connectivity index (χ0v) is 12.7. The van der Waals surface area contributed by atoms with E-state index >= 15 is 0 Å². The summed E-state index contributed by atoms with van der Waals surface area (Å²) in [5.74, 6) is -1.88. The van der Waals surface area contributed by atoms with E-state index in [9.17, 15) is 18.8 Å². The standard InChI is InChI=1S/C16H12F2N6O/c17-10-2-1-3-11(18)15(10)24-14-9(6-21)7-23-16(25)12(14)13(22)8(4-19)5-20/h1-5,7,19,22H,20H2,(H2,23,24,25)/b8-5+,19-4?,22-13?. The second kappa shape index (κ2) is 7.18. The van der Waals surface area contributed by atoms with Crippen molar-refractivity contribution in [2.75, 3.05) is 5.32 Å². The smallest absolute Gasteiger partial charge is 0.259 e. The van der Waals surface area contributed by atoms with Crippen molar-refractivity contribution in [3.05, 3.63) is 69.3 Å². The lowest BCUT2D eigenvalue weighted by molar-refractivity contribution is 0.591. The molecule has 2 rings (SSSR count). The van der Waals surface area contributed by atoms with E-state index in [4.69, 9.17) is 16.6 Å². The Balaban J connectivity index is 2.74. The normalized spacial score (nSPS) is 10.8. The molecule has 0 aliphatic rings. The number of nitrogens with two attached hydrogens (primary N) is 1. The number of nitriles is 1. The van der Waals surface area contributed by atoms with Crippen molar-refractivity contribution in [1.29, 1.82) is 16.1 Å². The first kappa shape index (κ1) is 17.6. The number of nitrogens with one attached hydrogen (secondary N) is 4. The highest BCUT2D eigenvalue weighted by Crippen LogP contribution is 2.27. The Kier molecular flexibility index (Phi) is 5.04. The first-order chi connectivity index (χ1) is 11.9. The average Bonchev–Trinajstić information content (AvgIpc) is 2.59. The monoisotopic (exact) mass is 342 g/mol. The van der Waals surface area contributed by atoms with E-state index < -0.39 is 28.6 Å². The summed E-state index contributed by atoms with van der Waals surface area (Å²) in [6.07, 6.45) is 2.73. The molecule has 9 heteroatoms. The second-order valence-corrected chi connectivity index (χ2v) is 4.76. The molecule has 0 amide bonds. The van der Waals surface area contributed by atoms with Gasteiger partial charge >= 0.3 is 0 Å². The predicted octanol–water partition coefficient (Wildman–Crippen LogP) is 2.13. The minimum absolute atomic E-state index is 0.113. The molecular weight excluding hydrogens is 330 g/mol. The number of para-hydroxylation sites is 1. The van der Waals surface area contributed by atoms with Gasteiger partial charge in [0, 0.05) is 24.2 Å². The molecule has 0 aliphatic carbocycles. The fourth-order valence-electron chi connectivity index (χ4n) is 2.08. The van der Waals surface area contributed by atoms with Gasteiger partial charge in [0.05, 0.1) is 22.5 Å². The SMILES string of the molecule is N#Cc1c[nH]c(=O)c(C(=N)/C(C=N)=C/N)c1Nc1c(F)cccc1F. The van der Waals surface area contributed by atoms with Crippen LogP contribution in [0.4, 0.5) is 20.2 Å². The van der Waals surface area contributed by atoms with Gasteiger partial charge in [-0.15, -0.1) is 0 Å². The molecule has 1 aromatic heterocycles. The first-order valence-corrected chi connectivity index (χ1v) is 6.83. The molecule has 1 aromatic carbocycles. The number of aromatic nitrogens is 1. The minimum atomic E-state index is -0.941. The van der Waals surface area contributed by atoms with Crippen LogP contribution in [-0.4, -0.2) is 16.9 Å². The summed E-state index contributed by atoms with van der Waals surface area (Å²) in [4.78, 5) is 14.4. The number of rotatable bonds is 5. The Labute approximate surface area is 140 Å². The molecule has 0 bridgehead atoms. The van der Waals surface area contributed by atoms with Crippen molar-refractivity contribution in [1.82, 2.24) is 4.98 Å². The summed E-state index contributed by atoms with van der Waals surface area (Å²) in [5, 5.41) is 26.9. The van der Waals surface area contributed by atoms with Crippen LogP contribution in [0, 0.1) is 33.8 Å². The molecule has 6 N–H and O–H groups in total. The summed E-state index contributed by atoms with van der Waals surface area (Å²) >= 11 is 0. The quantitative estimate of drug-likeness (QED) is 0.530. The molecule has 0 atom stereocenters. The molecule has 25 heavy (non-hydrogen) atoms. The molecule has 0 spiro atoms. The van der Waals surface area contributed by atoms with E-state index in [0.29, 0.717) is 0 Å². The summed E-state index contributed by atoms with van der Waals surface area (Å²) in [7, 11) is 0. The maximum absolute atomic E-state index is 13.9. The Morgan fingerprint density at radius 3 is 2.48 bits per heavy atom. The van der Waals surface area contributed by atoms with Gasteiger partial charge in [0.15, 0.2) is 0 Å². The molecule has 0 radical (unpaired) electrons. The molecule has 0 unspecified atom stereocenters. The highest BCUT2D eigenvalue weighted by atomic mass is 19.1. The highest BCUT2D eigenvalue weighted by molar-refractivity contribution is 6.24. The molecule has 0 saturated carbocycles. The summed E-state index contributed by atoms with van der Waals surface area (Å²) in [6.45, 7) is 0. The zero-order valence-electron chi connectivity index (χ0n) is 12.7. The van der Waals surface area contributed by atoms with E-state index in [-0.39, 0.29) is 22.4 Å². The molecule has 0 saturated heterocycles. The Morgan fingerprint density at radius 1 is 1.32 bits per heavy atom. The van der Waals surface area contributed by atoms with Crippen molar-refractivity contribution in [3.63, 3.8) is 0 Å². The third-order valence-electron chi connectivity index (χ3n) is 3.30. The lowest BCUT2D eigenvalue weighted by atomic mass is 10.0.